The van der Waals surface area contributed by atoms with Gasteiger partial charge in [0, 0.05) is 32.2 Å². The van der Waals surface area contributed by atoms with E-state index in [1.165, 1.54) is 6.07 Å². The van der Waals surface area contributed by atoms with Crippen LogP contribution >= 0.6 is 0 Å². The van der Waals surface area contributed by atoms with Crippen molar-refractivity contribution in [3.8, 4) is 12.8 Å². The zero-order valence-corrected chi connectivity index (χ0v) is 12.2. The van der Waals surface area contributed by atoms with E-state index in [9.17, 15) is 4.39 Å². The Morgan fingerprint density at radius 1 is 1.37 bits per heavy atom. The summed E-state index contributed by atoms with van der Waals surface area (Å²) in [6.07, 6.45) is 8.00. The van der Waals surface area contributed by atoms with Gasteiger partial charge in [-0.2, -0.15) is 0 Å². The monoisotopic (exact) mass is 264 g/mol. The van der Waals surface area contributed by atoms with E-state index in [1.54, 1.807) is 12.1 Å². The molecule has 1 heterocycles. The summed E-state index contributed by atoms with van der Waals surface area (Å²) >= 11 is 0. The van der Waals surface area contributed by atoms with Gasteiger partial charge in [0.05, 0.1) is 0 Å². The first kappa shape index (κ1) is 17.6. The Morgan fingerprint density at radius 3 is 2.63 bits per heavy atom. The van der Waals surface area contributed by atoms with Crippen molar-refractivity contribution in [2.45, 2.75) is 33.4 Å². The van der Waals surface area contributed by atoms with Gasteiger partial charge in [-0.05, 0) is 24.6 Å². The predicted molar refractivity (Wildman–Crippen MR) is 80.4 cm³/mol. The van der Waals surface area contributed by atoms with Crippen LogP contribution in [0.4, 0.5) is 4.39 Å². The minimum Gasteiger partial charge on any atom is -0.312 e. The van der Waals surface area contributed by atoms with Gasteiger partial charge < -0.3 is 5.32 Å². The molecule has 0 amide bonds. The zero-order chi connectivity index (χ0) is 14.7. The van der Waals surface area contributed by atoms with Crippen molar-refractivity contribution in [1.29, 1.82) is 0 Å². The van der Waals surface area contributed by atoms with Crippen molar-refractivity contribution in [3.63, 3.8) is 0 Å². The number of hydrogen-bond acceptors (Lipinski definition) is 2. The van der Waals surface area contributed by atoms with E-state index in [4.69, 9.17) is 0 Å². The van der Waals surface area contributed by atoms with Crippen molar-refractivity contribution in [2.75, 3.05) is 19.6 Å². The maximum absolute atomic E-state index is 13.0. The molecule has 3 heteroatoms. The molecule has 106 valence electrons. The normalized spacial score (nSPS) is 18.5. The number of terminal acetylenes is 1. The van der Waals surface area contributed by atoms with E-state index in [2.05, 4.69) is 30.0 Å². The van der Waals surface area contributed by atoms with Gasteiger partial charge in [0.15, 0.2) is 0 Å². The Bertz CT molecular complexity index is 363. The van der Waals surface area contributed by atoms with Crippen LogP contribution in [0.3, 0.4) is 0 Å². The molecule has 2 rings (SSSR count). The molecule has 0 bridgehead atoms. The number of benzene rings is 1. The SMILES string of the molecule is C#C.CC.C[C@H]1CN(Cc2cccc(F)c2)CCN1. The van der Waals surface area contributed by atoms with Crippen LogP contribution in [-0.2, 0) is 6.54 Å². The highest BCUT2D eigenvalue weighted by atomic mass is 19.1. The van der Waals surface area contributed by atoms with Crippen molar-refractivity contribution >= 4 is 0 Å². The van der Waals surface area contributed by atoms with Crippen LogP contribution in [-0.4, -0.2) is 30.6 Å². The highest BCUT2D eigenvalue weighted by molar-refractivity contribution is 5.16. The number of nitrogens with zero attached hydrogens (tertiary/aromatic N) is 1. The van der Waals surface area contributed by atoms with Gasteiger partial charge in [0.2, 0.25) is 0 Å². The van der Waals surface area contributed by atoms with Gasteiger partial charge in [-0.3, -0.25) is 4.90 Å². The van der Waals surface area contributed by atoms with Crippen LogP contribution in [0.2, 0.25) is 0 Å². The van der Waals surface area contributed by atoms with Gasteiger partial charge in [0.1, 0.15) is 5.82 Å². The molecule has 1 aromatic rings. The Kier molecular flexibility index (Phi) is 9.78. The topological polar surface area (TPSA) is 15.3 Å². The minimum atomic E-state index is -0.143. The lowest BCUT2D eigenvalue weighted by Crippen LogP contribution is -2.48. The molecular weight excluding hydrogens is 239 g/mol. The molecule has 1 saturated heterocycles. The molecular formula is C16H25FN2. The Morgan fingerprint density at radius 2 is 2.05 bits per heavy atom. The lowest BCUT2D eigenvalue weighted by Gasteiger charge is -2.31. The van der Waals surface area contributed by atoms with Crippen LogP contribution in [0.1, 0.15) is 26.3 Å². The van der Waals surface area contributed by atoms with Gasteiger partial charge >= 0.3 is 0 Å². The smallest absolute Gasteiger partial charge is 0.123 e. The van der Waals surface area contributed by atoms with Gasteiger partial charge in [-0.1, -0.05) is 26.0 Å². The average Bonchev–Trinajstić information content (AvgIpc) is 2.43. The Hall–Kier alpha value is -1.37. The summed E-state index contributed by atoms with van der Waals surface area (Å²) in [5.74, 6) is -0.143. The van der Waals surface area contributed by atoms with Gasteiger partial charge in [-0.15, -0.1) is 12.8 Å². The fourth-order valence-corrected chi connectivity index (χ4v) is 2.05. The second-order valence-electron chi connectivity index (χ2n) is 4.22. The van der Waals surface area contributed by atoms with Crippen molar-refractivity contribution in [3.05, 3.63) is 35.6 Å². The molecule has 1 aliphatic rings. The fourth-order valence-electron chi connectivity index (χ4n) is 2.05. The Balaban J connectivity index is 0.000000741. The minimum absolute atomic E-state index is 0.143. The molecule has 1 aliphatic heterocycles. The first-order chi connectivity index (χ1) is 9.24. The van der Waals surface area contributed by atoms with Crippen molar-refractivity contribution in [2.24, 2.45) is 0 Å². The second-order valence-corrected chi connectivity index (χ2v) is 4.22. The first-order valence-corrected chi connectivity index (χ1v) is 6.77. The molecule has 0 spiro atoms. The number of piperazine rings is 1. The number of hydrogen-bond donors (Lipinski definition) is 1. The van der Waals surface area contributed by atoms with Gasteiger partial charge in [-0.25, -0.2) is 4.39 Å². The van der Waals surface area contributed by atoms with Crippen LogP contribution in [0.15, 0.2) is 24.3 Å². The highest BCUT2D eigenvalue weighted by Crippen LogP contribution is 2.09. The first-order valence-electron chi connectivity index (χ1n) is 6.77. The molecule has 0 saturated carbocycles. The number of halogens is 1. The molecule has 2 nitrogen and oxygen atoms in total. The molecule has 1 aromatic carbocycles. The molecule has 1 N–H and O–H groups in total. The van der Waals surface area contributed by atoms with Crippen LogP contribution in [0.5, 0.6) is 0 Å². The third-order valence-corrected chi connectivity index (χ3v) is 2.75. The second kappa shape index (κ2) is 10.5. The van der Waals surface area contributed by atoms with Crippen LogP contribution in [0, 0.1) is 18.7 Å². The maximum atomic E-state index is 13.0. The quantitative estimate of drug-likeness (QED) is 0.826. The van der Waals surface area contributed by atoms with E-state index in [-0.39, 0.29) is 5.82 Å². The molecule has 0 radical (unpaired) electrons. The third kappa shape index (κ3) is 6.95. The molecule has 0 aromatic heterocycles. The van der Waals surface area contributed by atoms with Crippen LogP contribution in [0.25, 0.3) is 0 Å². The lowest BCUT2D eigenvalue weighted by atomic mass is 10.1. The van der Waals surface area contributed by atoms with E-state index >= 15 is 0 Å². The maximum Gasteiger partial charge on any atom is 0.123 e. The van der Waals surface area contributed by atoms with E-state index in [0.29, 0.717) is 6.04 Å². The number of rotatable bonds is 2. The predicted octanol–water partition coefficient (Wildman–Crippen LogP) is 2.90. The van der Waals surface area contributed by atoms with Crippen molar-refractivity contribution in [1.82, 2.24) is 10.2 Å². The highest BCUT2D eigenvalue weighted by Gasteiger charge is 2.15. The van der Waals surface area contributed by atoms with Gasteiger partial charge in [0.25, 0.3) is 0 Å². The summed E-state index contributed by atoms with van der Waals surface area (Å²) in [7, 11) is 0. The molecule has 1 fully saturated rings. The van der Waals surface area contributed by atoms with E-state index < -0.39 is 0 Å². The lowest BCUT2D eigenvalue weighted by molar-refractivity contribution is 0.199. The molecule has 0 unspecified atom stereocenters. The summed E-state index contributed by atoms with van der Waals surface area (Å²) in [6.45, 7) is 10.1. The Labute approximate surface area is 117 Å². The molecule has 0 aliphatic carbocycles. The standard InChI is InChI=1S/C12H17FN2.C2H6.C2H2/c1-10-8-15(6-5-14-10)9-11-3-2-4-12(13)7-11;2*1-2/h2-4,7,10,14H,5-6,8-9H2,1H3;1-2H3;1-2H/t10-;;/m0../s1. The van der Waals surface area contributed by atoms with Crippen LogP contribution < -0.4 is 5.32 Å². The summed E-state index contributed by atoms with van der Waals surface area (Å²) in [4.78, 5) is 2.36. The average molecular weight is 264 g/mol. The van der Waals surface area contributed by atoms with Crippen molar-refractivity contribution < 1.29 is 4.39 Å². The van der Waals surface area contributed by atoms with E-state index in [0.717, 1.165) is 31.7 Å². The zero-order valence-electron chi connectivity index (χ0n) is 12.2. The summed E-state index contributed by atoms with van der Waals surface area (Å²) in [5.41, 5.74) is 1.06. The largest absolute Gasteiger partial charge is 0.312 e. The summed E-state index contributed by atoms with van der Waals surface area (Å²) in [5, 5.41) is 3.39. The summed E-state index contributed by atoms with van der Waals surface area (Å²) in [6, 6.07) is 7.40. The summed E-state index contributed by atoms with van der Waals surface area (Å²) < 4.78 is 13.0. The fraction of sp³-hybridized carbons (Fsp3) is 0.500. The third-order valence-electron chi connectivity index (χ3n) is 2.75. The molecule has 1 atom stereocenters. The number of nitrogens with one attached hydrogen (secondary N) is 1. The van der Waals surface area contributed by atoms with E-state index in [1.807, 2.05) is 19.9 Å². The molecule has 19 heavy (non-hydrogen) atoms.